The van der Waals surface area contributed by atoms with Crippen molar-refractivity contribution in [2.75, 3.05) is 18.4 Å². The molecule has 1 aromatic rings. The average Bonchev–Trinajstić information content (AvgIpc) is 2.19. The summed E-state index contributed by atoms with van der Waals surface area (Å²) in [4.78, 5) is 0. The molecule has 0 saturated carbocycles. The van der Waals surface area contributed by atoms with Crippen molar-refractivity contribution in [3.63, 3.8) is 0 Å². The SMILES string of the molecule is Cc1ccc(C(F)(F)F)cc1NCCCN. The van der Waals surface area contributed by atoms with Gasteiger partial charge in [-0.2, -0.15) is 13.2 Å². The van der Waals surface area contributed by atoms with Crippen LogP contribution in [0.15, 0.2) is 18.2 Å². The summed E-state index contributed by atoms with van der Waals surface area (Å²) >= 11 is 0. The van der Waals surface area contributed by atoms with E-state index < -0.39 is 11.7 Å². The van der Waals surface area contributed by atoms with Gasteiger partial charge in [-0.1, -0.05) is 6.07 Å². The van der Waals surface area contributed by atoms with Gasteiger partial charge in [-0.15, -0.1) is 0 Å². The van der Waals surface area contributed by atoms with E-state index in [4.69, 9.17) is 5.73 Å². The molecule has 90 valence electrons. The highest BCUT2D eigenvalue weighted by molar-refractivity contribution is 5.53. The highest BCUT2D eigenvalue weighted by Crippen LogP contribution is 2.31. The zero-order valence-electron chi connectivity index (χ0n) is 9.06. The van der Waals surface area contributed by atoms with Crippen LogP contribution in [0.2, 0.25) is 0 Å². The first kappa shape index (κ1) is 12.8. The smallest absolute Gasteiger partial charge is 0.385 e. The Labute approximate surface area is 92.6 Å². The maximum atomic E-state index is 12.4. The molecule has 1 rings (SSSR count). The molecule has 2 nitrogen and oxygen atoms in total. The van der Waals surface area contributed by atoms with Gasteiger partial charge < -0.3 is 11.1 Å². The van der Waals surface area contributed by atoms with Crippen LogP contribution in [0.25, 0.3) is 0 Å². The number of hydrogen-bond donors (Lipinski definition) is 2. The Balaban J connectivity index is 2.83. The minimum absolute atomic E-state index is 0.517. The second-order valence-electron chi connectivity index (χ2n) is 3.60. The van der Waals surface area contributed by atoms with Gasteiger partial charge in [0.15, 0.2) is 0 Å². The lowest BCUT2D eigenvalue weighted by molar-refractivity contribution is -0.137. The quantitative estimate of drug-likeness (QED) is 0.783. The van der Waals surface area contributed by atoms with Crippen LogP contribution in [-0.4, -0.2) is 13.1 Å². The lowest BCUT2D eigenvalue weighted by Crippen LogP contribution is -2.11. The van der Waals surface area contributed by atoms with Gasteiger partial charge >= 0.3 is 6.18 Å². The molecule has 1 aromatic carbocycles. The molecular formula is C11H15F3N2. The molecular weight excluding hydrogens is 217 g/mol. The zero-order valence-corrected chi connectivity index (χ0v) is 9.06. The summed E-state index contributed by atoms with van der Waals surface area (Å²) in [7, 11) is 0. The van der Waals surface area contributed by atoms with E-state index in [1.54, 1.807) is 6.92 Å². The summed E-state index contributed by atoms with van der Waals surface area (Å²) in [6, 6.07) is 3.68. The van der Waals surface area contributed by atoms with Crippen molar-refractivity contribution >= 4 is 5.69 Å². The maximum Gasteiger partial charge on any atom is 0.416 e. The second kappa shape index (κ2) is 5.21. The molecule has 0 amide bonds. The molecule has 0 bridgehead atoms. The molecule has 16 heavy (non-hydrogen) atoms. The van der Waals surface area contributed by atoms with E-state index in [2.05, 4.69) is 5.32 Å². The van der Waals surface area contributed by atoms with Crippen LogP contribution < -0.4 is 11.1 Å². The zero-order chi connectivity index (χ0) is 12.2. The third-order valence-corrected chi connectivity index (χ3v) is 2.26. The molecule has 0 unspecified atom stereocenters. The van der Waals surface area contributed by atoms with Crippen molar-refractivity contribution < 1.29 is 13.2 Å². The molecule has 0 aliphatic heterocycles. The fourth-order valence-electron chi connectivity index (χ4n) is 1.31. The monoisotopic (exact) mass is 232 g/mol. The van der Waals surface area contributed by atoms with Crippen molar-refractivity contribution in [1.29, 1.82) is 0 Å². The Morgan fingerprint density at radius 1 is 1.31 bits per heavy atom. The highest BCUT2D eigenvalue weighted by atomic mass is 19.4. The van der Waals surface area contributed by atoms with Crippen LogP contribution in [0, 0.1) is 6.92 Å². The summed E-state index contributed by atoms with van der Waals surface area (Å²) in [5.41, 5.74) is 5.99. The van der Waals surface area contributed by atoms with E-state index in [0.29, 0.717) is 18.8 Å². The van der Waals surface area contributed by atoms with Crippen molar-refractivity contribution in [2.24, 2.45) is 5.73 Å². The van der Waals surface area contributed by atoms with E-state index in [0.717, 1.165) is 24.1 Å². The predicted octanol–water partition coefficient (Wildman–Crippen LogP) is 2.77. The highest BCUT2D eigenvalue weighted by Gasteiger charge is 2.30. The Morgan fingerprint density at radius 3 is 2.56 bits per heavy atom. The fraction of sp³-hybridized carbons (Fsp3) is 0.455. The minimum atomic E-state index is -4.29. The molecule has 3 N–H and O–H groups in total. The third-order valence-electron chi connectivity index (χ3n) is 2.26. The van der Waals surface area contributed by atoms with Crippen LogP contribution in [0.1, 0.15) is 17.5 Å². The molecule has 0 saturated heterocycles. The minimum Gasteiger partial charge on any atom is -0.385 e. The van der Waals surface area contributed by atoms with Crippen molar-refractivity contribution in [1.82, 2.24) is 0 Å². The van der Waals surface area contributed by atoms with Gasteiger partial charge in [0, 0.05) is 12.2 Å². The number of anilines is 1. The van der Waals surface area contributed by atoms with Gasteiger partial charge in [0.1, 0.15) is 0 Å². The first-order valence-corrected chi connectivity index (χ1v) is 5.07. The maximum absolute atomic E-state index is 12.4. The van der Waals surface area contributed by atoms with Crippen molar-refractivity contribution in [2.45, 2.75) is 19.5 Å². The number of aryl methyl sites for hydroxylation is 1. The molecule has 0 aliphatic carbocycles. The van der Waals surface area contributed by atoms with E-state index in [1.165, 1.54) is 6.07 Å². The number of hydrogen-bond acceptors (Lipinski definition) is 2. The molecule has 5 heteroatoms. The van der Waals surface area contributed by atoms with Crippen LogP contribution >= 0.6 is 0 Å². The number of nitrogens with two attached hydrogens (primary N) is 1. The summed E-state index contributed by atoms with van der Waals surface area (Å²) < 4.78 is 37.3. The predicted molar refractivity (Wildman–Crippen MR) is 58.3 cm³/mol. The van der Waals surface area contributed by atoms with Crippen LogP contribution in [0.3, 0.4) is 0 Å². The van der Waals surface area contributed by atoms with Gasteiger partial charge in [-0.3, -0.25) is 0 Å². The van der Waals surface area contributed by atoms with Gasteiger partial charge in [0.05, 0.1) is 5.56 Å². The number of halogens is 3. The molecule has 0 fully saturated rings. The summed E-state index contributed by atoms with van der Waals surface area (Å²) in [5, 5.41) is 2.95. The first-order chi connectivity index (χ1) is 7.45. The lowest BCUT2D eigenvalue weighted by atomic mass is 10.1. The van der Waals surface area contributed by atoms with Gasteiger partial charge in [0.2, 0.25) is 0 Å². The number of nitrogens with one attached hydrogen (secondary N) is 1. The Morgan fingerprint density at radius 2 is 2.00 bits per heavy atom. The fourth-order valence-corrected chi connectivity index (χ4v) is 1.31. The number of alkyl halides is 3. The lowest BCUT2D eigenvalue weighted by Gasteiger charge is -2.12. The summed E-state index contributed by atoms with van der Waals surface area (Å²) in [6.07, 6.45) is -3.56. The van der Waals surface area contributed by atoms with Crippen LogP contribution in [0.4, 0.5) is 18.9 Å². The average molecular weight is 232 g/mol. The third kappa shape index (κ3) is 3.41. The van der Waals surface area contributed by atoms with Gasteiger partial charge in [-0.05, 0) is 37.6 Å². The normalized spacial score (nSPS) is 11.6. The molecule has 0 aromatic heterocycles. The van der Waals surface area contributed by atoms with Gasteiger partial charge in [0.25, 0.3) is 0 Å². The van der Waals surface area contributed by atoms with E-state index in [1.807, 2.05) is 0 Å². The number of benzene rings is 1. The van der Waals surface area contributed by atoms with E-state index in [9.17, 15) is 13.2 Å². The van der Waals surface area contributed by atoms with Gasteiger partial charge in [-0.25, -0.2) is 0 Å². The molecule has 0 heterocycles. The second-order valence-corrected chi connectivity index (χ2v) is 3.60. The Kier molecular flexibility index (Phi) is 4.18. The standard InChI is InChI=1S/C11H15F3N2/c1-8-3-4-9(11(12,13)14)7-10(8)16-6-2-5-15/h3-4,7,16H,2,5-6,15H2,1H3. The molecule has 0 atom stereocenters. The first-order valence-electron chi connectivity index (χ1n) is 5.07. The van der Waals surface area contributed by atoms with Crippen LogP contribution in [-0.2, 0) is 6.18 Å². The molecule has 0 radical (unpaired) electrons. The topological polar surface area (TPSA) is 38.0 Å². The Bertz CT molecular complexity index is 348. The summed E-state index contributed by atoms with van der Waals surface area (Å²) in [6.45, 7) is 2.87. The van der Waals surface area contributed by atoms with Crippen molar-refractivity contribution in [3.05, 3.63) is 29.3 Å². The molecule has 0 spiro atoms. The largest absolute Gasteiger partial charge is 0.416 e. The van der Waals surface area contributed by atoms with E-state index >= 15 is 0 Å². The summed E-state index contributed by atoms with van der Waals surface area (Å²) in [5.74, 6) is 0. The molecule has 0 aliphatic rings. The van der Waals surface area contributed by atoms with Crippen LogP contribution in [0.5, 0.6) is 0 Å². The van der Waals surface area contributed by atoms with Crippen molar-refractivity contribution in [3.8, 4) is 0 Å². The number of rotatable bonds is 4. The van der Waals surface area contributed by atoms with E-state index in [-0.39, 0.29) is 0 Å². The Hall–Kier alpha value is -1.23.